The standard InChI is InChI=1S/C26H28N8O3.C4H4O4/c1-33-19-6-4-3-5-16(19)13-20(33)26(36)31-18-8-7-17(14-21(18)37-2)23-22-24(27)29-15-30-25(22)34(32-23)11-9-28-10-12-35;5-3(6)1-2-4(7)8/h3-8,13-15,28,35H,9-12H2,1-2H3,(H,31,36)(H2,27,29,30);1-2H,(H,5,6)(H,7,8)/b;2-1-. The van der Waals surface area contributed by atoms with E-state index < -0.39 is 11.9 Å². The number of amides is 1. The number of hydrogen-bond donors (Lipinski definition) is 6. The van der Waals surface area contributed by atoms with Gasteiger partial charge in [-0.25, -0.2) is 24.2 Å². The van der Waals surface area contributed by atoms with E-state index in [-0.39, 0.29) is 12.5 Å². The van der Waals surface area contributed by atoms with Gasteiger partial charge in [0.25, 0.3) is 5.91 Å². The molecule has 5 rings (SSSR count). The van der Waals surface area contributed by atoms with Crippen LogP contribution in [-0.2, 0) is 23.2 Å². The fraction of sp³-hybridized carbons (Fsp3) is 0.200. The molecule has 1 amide bonds. The van der Waals surface area contributed by atoms with Gasteiger partial charge in [-0.2, -0.15) is 5.10 Å². The van der Waals surface area contributed by atoms with E-state index in [0.717, 1.165) is 16.5 Å². The third-order valence-electron chi connectivity index (χ3n) is 6.62. The molecule has 234 valence electrons. The number of benzene rings is 2. The Labute approximate surface area is 256 Å². The number of rotatable bonds is 11. The highest BCUT2D eigenvalue weighted by Gasteiger charge is 2.20. The van der Waals surface area contributed by atoms with Crippen LogP contribution in [0.1, 0.15) is 10.5 Å². The number of aliphatic hydroxyl groups excluding tert-OH is 1. The van der Waals surface area contributed by atoms with Crippen molar-refractivity contribution in [2.24, 2.45) is 7.05 Å². The molecule has 0 saturated carbocycles. The Morgan fingerprint density at radius 3 is 2.42 bits per heavy atom. The van der Waals surface area contributed by atoms with Crippen LogP contribution >= 0.6 is 0 Å². The zero-order valence-corrected chi connectivity index (χ0v) is 24.5. The summed E-state index contributed by atoms with van der Waals surface area (Å²) >= 11 is 0. The Kier molecular flexibility index (Phi) is 10.4. The molecule has 0 aliphatic carbocycles. The highest BCUT2D eigenvalue weighted by molar-refractivity contribution is 6.07. The van der Waals surface area contributed by atoms with Crippen molar-refractivity contribution in [1.29, 1.82) is 0 Å². The molecule has 3 aromatic heterocycles. The molecule has 7 N–H and O–H groups in total. The second-order valence-corrected chi connectivity index (χ2v) is 9.53. The number of aliphatic carboxylic acids is 2. The molecule has 0 aliphatic rings. The molecule has 0 spiro atoms. The number of carbonyl (C=O) groups excluding carboxylic acids is 1. The molecule has 0 bridgehead atoms. The molecule has 0 saturated heterocycles. The molecule has 45 heavy (non-hydrogen) atoms. The number of hydrogen-bond acceptors (Lipinski definition) is 10. The minimum absolute atomic E-state index is 0.0589. The smallest absolute Gasteiger partial charge is 0.328 e. The Hall–Kier alpha value is -5.80. The topological polar surface area (TPSA) is 220 Å². The number of para-hydroxylation sites is 1. The van der Waals surface area contributed by atoms with Crippen molar-refractivity contribution in [3.05, 3.63) is 72.7 Å². The van der Waals surface area contributed by atoms with E-state index in [2.05, 4.69) is 20.6 Å². The molecule has 0 atom stereocenters. The lowest BCUT2D eigenvalue weighted by molar-refractivity contribution is -0.134. The summed E-state index contributed by atoms with van der Waals surface area (Å²) in [4.78, 5) is 40.8. The first kappa shape index (κ1) is 32.1. The number of nitrogen functional groups attached to an aromatic ring is 1. The lowest BCUT2D eigenvalue weighted by Crippen LogP contribution is -2.23. The molecule has 0 fully saturated rings. The van der Waals surface area contributed by atoms with Crippen molar-refractivity contribution in [3.63, 3.8) is 0 Å². The number of nitrogens with zero attached hydrogens (tertiary/aromatic N) is 5. The Morgan fingerprint density at radius 1 is 1.02 bits per heavy atom. The first-order chi connectivity index (χ1) is 21.6. The summed E-state index contributed by atoms with van der Waals surface area (Å²) in [5, 5.41) is 37.1. The van der Waals surface area contributed by atoms with Gasteiger partial charge in [0, 0.05) is 48.8 Å². The third kappa shape index (κ3) is 7.59. The molecule has 0 unspecified atom stereocenters. The summed E-state index contributed by atoms with van der Waals surface area (Å²) in [5.74, 6) is -1.96. The number of fused-ring (bicyclic) bond motifs is 2. The Bertz CT molecular complexity index is 1860. The number of anilines is 2. The summed E-state index contributed by atoms with van der Waals surface area (Å²) < 4.78 is 9.24. The number of aromatic nitrogens is 5. The Morgan fingerprint density at radius 2 is 1.76 bits per heavy atom. The van der Waals surface area contributed by atoms with Crippen LogP contribution in [-0.4, -0.2) is 84.3 Å². The van der Waals surface area contributed by atoms with E-state index in [0.29, 0.717) is 71.5 Å². The van der Waals surface area contributed by atoms with Crippen molar-refractivity contribution in [2.75, 3.05) is 37.9 Å². The second kappa shape index (κ2) is 14.6. The van der Waals surface area contributed by atoms with E-state index in [1.165, 1.54) is 6.33 Å². The average molecular weight is 617 g/mol. The predicted molar refractivity (Wildman–Crippen MR) is 167 cm³/mol. The summed E-state index contributed by atoms with van der Waals surface area (Å²) in [6, 6.07) is 15.1. The maximum atomic E-state index is 13.1. The monoisotopic (exact) mass is 616 g/mol. The van der Waals surface area contributed by atoms with Crippen LogP contribution in [0.25, 0.3) is 33.2 Å². The highest BCUT2D eigenvalue weighted by Crippen LogP contribution is 2.35. The van der Waals surface area contributed by atoms with Crippen LogP contribution in [0, 0.1) is 0 Å². The zero-order valence-electron chi connectivity index (χ0n) is 24.5. The lowest BCUT2D eigenvalue weighted by Gasteiger charge is -2.12. The maximum Gasteiger partial charge on any atom is 0.328 e. The molecule has 15 heteroatoms. The van der Waals surface area contributed by atoms with Gasteiger partial charge in [-0.1, -0.05) is 24.3 Å². The van der Waals surface area contributed by atoms with Gasteiger partial charge in [-0.3, -0.25) is 4.79 Å². The molecular weight excluding hydrogens is 584 g/mol. The summed E-state index contributed by atoms with van der Waals surface area (Å²) in [6.07, 6.45) is 2.53. The van der Waals surface area contributed by atoms with Gasteiger partial charge in [0.15, 0.2) is 5.65 Å². The SMILES string of the molecule is COc1cc(-c2nn(CCNCCO)c3ncnc(N)c23)ccc1NC(=O)c1cc2ccccc2n1C.O=C(O)/C=C\C(=O)O. The van der Waals surface area contributed by atoms with E-state index in [1.807, 2.05) is 48.0 Å². The van der Waals surface area contributed by atoms with Crippen molar-refractivity contribution in [3.8, 4) is 17.0 Å². The van der Waals surface area contributed by atoms with E-state index in [4.69, 9.17) is 30.9 Å². The van der Waals surface area contributed by atoms with Crippen LogP contribution < -0.4 is 21.1 Å². The molecule has 5 aromatic rings. The molecular formula is C30H32N8O7. The van der Waals surface area contributed by atoms with E-state index in [9.17, 15) is 14.4 Å². The number of methoxy groups -OCH3 is 1. The molecule has 0 aliphatic heterocycles. The summed E-state index contributed by atoms with van der Waals surface area (Å²) in [6.45, 7) is 1.68. The number of nitrogens with one attached hydrogen (secondary N) is 2. The van der Waals surface area contributed by atoms with Gasteiger partial charge in [0.2, 0.25) is 0 Å². The van der Waals surface area contributed by atoms with Crippen molar-refractivity contribution >= 4 is 51.3 Å². The average Bonchev–Trinajstić information content (AvgIpc) is 3.57. The Balaban J connectivity index is 0.000000510. The number of carbonyl (C=O) groups is 3. The van der Waals surface area contributed by atoms with Crippen molar-refractivity contribution < 1.29 is 34.4 Å². The summed E-state index contributed by atoms with van der Waals surface area (Å²) in [5.41, 5.74) is 10.2. The maximum absolute atomic E-state index is 13.1. The van der Waals surface area contributed by atoms with E-state index >= 15 is 0 Å². The van der Waals surface area contributed by atoms with E-state index in [1.54, 1.807) is 23.9 Å². The highest BCUT2D eigenvalue weighted by atomic mass is 16.5. The quantitative estimate of drug-likeness (QED) is 0.0928. The number of aryl methyl sites for hydroxylation is 1. The van der Waals surface area contributed by atoms with Gasteiger partial charge >= 0.3 is 11.9 Å². The normalized spacial score (nSPS) is 11.0. The minimum atomic E-state index is -1.26. The fourth-order valence-electron chi connectivity index (χ4n) is 4.55. The second-order valence-electron chi connectivity index (χ2n) is 9.53. The van der Waals surface area contributed by atoms with Gasteiger partial charge in [0.1, 0.15) is 29.3 Å². The van der Waals surface area contributed by atoms with Crippen LogP contribution in [0.2, 0.25) is 0 Å². The largest absolute Gasteiger partial charge is 0.495 e. The molecule has 3 heterocycles. The molecule has 15 nitrogen and oxygen atoms in total. The van der Waals surface area contributed by atoms with Crippen LogP contribution in [0.4, 0.5) is 11.5 Å². The van der Waals surface area contributed by atoms with Crippen LogP contribution in [0.3, 0.4) is 0 Å². The number of ether oxygens (including phenoxy) is 1. The van der Waals surface area contributed by atoms with Gasteiger partial charge in [0.05, 0.1) is 31.3 Å². The third-order valence-corrected chi connectivity index (χ3v) is 6.62. The number of carboxylic acid groups (broad SMARTS) is 2. The minimum Gasteiger partial charge on any atom is -0.495 e. The first-order valence-electron chi connectivity index (χ1n) is 13.6. The van der Waals surface area contributed by atoms with Crippen LogP contribution in [0.15, 0.2) is 67.0 Å². The van der Waals surface area contributed by atoms with Gasteiger partial charge in [-0.05, 0) is 24.3 Å². The van der Waals surface area contributed by atoms with Crippen LogP contribution in [0.5, 0.6) is 5.75 Å². The zero-order chi connectivity index (χ0) is 32.5. The predicted octanol–water partition coefficient (Wildman–Crippen LogP) is 2.12. The van der Waals surface area contributed by atoms with Gasteiger partial charge in [-0.15, -0.1) is 0 Å². The number of nitrogens with two attached hydrogens (primary N) is 1. The fourth-order valence-corrected chi connectivity index (χ4v) is 4.55. The number of carboxylic acids is 2. The summed E-state index contributed by atoms with van der Waals surface area (Å²) in [7, 11) is 3.41. The molecule has 2 aromatic carbocycles. The number of aliphatic hydroxyl groups is 1. The van der Waals surface area contributed by atoms with Crippen molar-refractivity contribution in [1.82, 2.24) is 29.6 Å². The van der Waals surface area contributed by atoms with Crippen molar-refractivity contribution in [2.45, 2.75) is 6.54 Å². The molecule has 0 radical (unpaired) electrons. The van der Waals surface area contributed by atoms with Gasteiger partial charge < -0.3 is 41.0 Å². The first-order valence-corrected chi connectivity index (χ1v) is 13.6. The lowest BCUT2D eigenvalue weighted by atomic mass is 10.1.